The summed E-state index contributed by atoms with van der Waals surface area (Å²) in [7, 11) is 1.56. The van der Waals surface area contributed by atoms with E-state index in [1.807, 2.05) is 30.3 Å². The van der Waals surface area contributed by atoms with Gasteiger partial charge in [0.1, 0.15) is 35.8 Å². The van der Waals surface area contributed by atoms with Crippen LogP contribution in [0.5, 0.6) is 5.75 Å². The Morgan fingerprint density at radius 2 is 1.85 bits per heavy atom. The van der Waals surface area contributed by atoms with Gasteiger partial charge >= 0.3 is 5.97 Å². The second-order valence-corrected chi connectivity index (χ2v) is 8.64. The lowest BCUT2D eigenvalue weighted by Gasteiger charge is -2.49. The maximum atomic E-state index is 12.8. The lowest BCUT2D eigenvalue weighted by molar-refractivity contribution is -0.153. The summed E-state index contributed by atoms with van der Waals surface area (Å²) in [5, 5.41) is 2.28. The van der Waals surface area contributed by atoms with Gasteiger partial charge in [0, 0.05) is 11.3 Å². The van der Waals surface area contributed by atoms with Crippen molar-refractivity contribution in [3.8, 4) is 5.75 Å². The summed E-state index contributed by atoms with van der Waals surface area (Å²) in [5.74, 6) is -0.552. The van der Waals surface area contributed by atoms with Crippen molar-refractivity contribution in [2.24, 2.45) is 0 Å². The first-order valence-electron chi connectivity index (χ1n) is 10.3. The van der Waals surface area contributed by atoms with Gasteiger partial charge in [-0.05, 0) is 23.3 Å². The van der Waals surface area contributed by atoms with E-state index in [0.717, 1.165) is 11.1 Å². The van der Waals surface area contributed by atoms with Crippen molar-refractivity contribution in [3.63, 3.8) is 0 Å². The summed E-state index contributed by atoms with van der Waals surface area (Å²) in [5.41, 5.74) is 1.71. The molecule has 2 heterocycles. The molecular weight excluding hydrogens is 444 g/mol. The minimum Gasteiger partial charge on any atom is -0.497 e. The number of aldehydes is 1. The Morgan fingerprint density at radius 3 is 2.52 bits per heavy atom. The lowest BCUT2D eigenvalue weighted by Crippen LogP contribution is -2.70. The third-order valence-electron chi connectivity index (χ3n) is 5.39. The zero-order valence-corrected chi connectivity index (χ0v) is 18.7. The average Bonchev–Trinajstić information content (AvgIpc) is 2.85. The topological polar surface area (TPSA) is 102 Å². The molecule has 0 spiro atoms. The molecule has 1 unspecified atom stereocenters. The molecule has 2 atom stereocenters. The summed E-state index contributed by atoms with van der Waals surface area (Å²) >= 11 is 1.33. The Balaban J connectivity index is 1.41. The van der Waals surface area contributed by atoms with E-state index in [4.69, 9.17) is 9.47 Å². The molecule has 2 aliphatic rings. The van der Waals surface area contributed by atoms with Crippen LogP contribution < -0.4 is 10.1 Å². The molecule has 0 saturated carbocycles. The Bertz CT molecular complexity index is 1100. The minimum atomic E-state index is -0.760. The number of hydrogen-bond acceptors (Lipinski definition) is 7. The molecule has 2 aromatic carbocycles. The van der Waals surface area contributed by atoms with Gasteiger partial charge in [0.2, 0.25) is 5.91 Å². The number of benzene rings is 2. The number of nitrogens with one attached hydrogen (secondary N) is 1. The number of carbonyl (C=O) groups is 4. The molecule has 8 nitrogen and oxygen atoms in total. The fourth-order valence-electron chi connectivity index (χ4n) is 3.67. The second kappa shape index (κ2) is 9.91. The van der Waals surface area contributed by atoms with Crippen molar-refractivity contribution in [2.45, 2.75) is 24.4 Å². The summed E-state index contributed by atoms with van der Waals surface area (Å²) in [4.78, 5) is 50.9. The van der Waals surface area contributed by atoms with E-state index in [0.29, 0.717) is 12.0 Å². The second-order valence-electron chi connectivity index (χ2n) is 7.53. The standard InChI is InChI=1S/C24H22N2O6S/c1-31-18-9-7-16(8-10-18)13-32-24(30)21-17(12-27)14-33-23-20(22(29)26(21)23)25-19(28)11-15-5-3-2-4-6-15/h2-10,12,20,23H,11,13-14H2,1H3,(H,25,28)/t20?,23-/m1/s1. The number of ether oxygens (including phenoxy) is 2. The third kappa shape index (κ3) is 4.78. The zero-order chi connectivity index (χ0) is 23.4. The van der Waals surface area contributed by atoms with Crippen LogP contribution in [-0.4, -0.2) is 53.2 Å². The number of hydrogen-bond donors (Lipinski definition) is 1. The van der Waals surface area contributed by atoms with Crippen LogP contribution in [0.3, 0.4) is 0 Å². The van der Waals surface area contributed by atoms with Crippen LogP contribution in [0.4, 0.5) is 0 Å². The van der Waals surface area contributed by atoms with Gasteiger partial charge in [-0.2, -0.15) is 0 Å². The fraction of sp³-hybridized carbons (Fsp3) is 0.250. The van der Waals surface area contributed by atoms with E-state index in [-0.39, 0.29) is 36.0 Å². The number of thioether (sulfide) groups is 1. The highest BCUT2D eigenvalue weighted by molar-refractivity contribution is 8.00. The van der Waals surface area contributed by atoms with Crippen molar-refractivity contribution in [2.75, 3.05) is 12.9 Å². The smallest absolute Gasteiger partial charge is 0.355 e. The molecular formula is C24H22N2O6S. The van der Waals surface area contributed by atoms with E-state index >= 15 is 0 Å². The Kier molecular flexibility index (Phi) is 6.79. The lowest BCUT2D eigenvalue weighted by atomic mass is 10.0. The monoisotopic (exact) mass is 466 g/mol. The summed E-state index contributed by atoms with van der Waals surface area (Å²) < 4.78 is 10.5. The normalized spacial score (nSPS) is 19.3. The van der Waals surface area contributed by atoms with Crippen LogP contribution >= 0.6 is 11.8 Å². The molecule has 1 N–H and O–H groups in total. The highest BCUT2D eigenvalue weighted by Gasteiger charge is 2.54. The van der Waals surface area contributed by atoms with E-state index in [1.54, 1.807) is 31.4 Å². The van der Waals surface area contributed by atoms with Gasteiger partial charge in [0.05, 0.1) is 13.5 Å². The van der Waals surface area contributed by atoms with Crippen molar-refractivity contribution >= 4 is 35.8 Å². The molecule has 0 bridgehead atoms. The van der Waals surface area contributed by atoms with Crippen LogP contribution in [0.2, 0.25) is 0 Å². The van der Waals surface area contributed by atoms with Gasteiger partial charge in [0.25, 0.3) is 5.91 Å². The number of fused-ring (bicyclic) bond motifs is 1. The summed E-state index contributed by atoms with van der Waals surface area (Å²) in [6, 6.07) is 15.4. The largest absolute Gasteiger partial charge is 0.497 e. The average molecular weight is 467 g/mol. The first kappa shape index (κ1) is 22.6. The van der Waals surface area contributed by atoms with Crippen LogP contribution in [0, 0.1) is 0 Å². The highest BCUT2D eigenvalue weighted by Crippen LogP contribution is 2.40. The number of nitrogens with zero attached hydrogens (tertiary/aromatic N) is 1. The predicted molar refractivity (Wildman–Crippen MR) is 121 cm³/mol. The maximum Gasteiger partial charge on any atom is 0.355 e. The van der Waals surface area contributed by atoms with Gasteiger partial charge in [-0.1, -0.05) is 42.5 Å². The maximum absolute atomic E-state index is 12.8. The Morgan fingerprint density at radius 1 is 1.12 bits per heavy atom. The van der Waals surface area contributed by atoms with Crippen LogP contribution in [0.25, 0.3) is 0 Å². The number of methoxy groups -OCH3 is 1. The number of amides is 2. The highest BCUT2D eigenvalue weighted by atomic mass is 32.2. The number of carbonyl (C=O) groups excluding carboxylic acids is 4. The molecule has 0 aliphatic carbocycles. The Hall–Kier alpha value is -3.59. The van der Waals surface area contributed by atoms with Crippen LogP contribution in [0.1, 0.15) is 11.1 Å². The minimum absolute atomic E-state index is 0.0183. The quantitative estimate of drug-likeness (QED) is 0.360. The van der Waals surface area contributed by atoms with Crippen molar-refractivity contribution in [1.29, 1.82) is 0 Å². The number of β-lactam (4-membered cyclic amide) rings is 1. The predicted octanol–water partition coefficient (Wildman–Crippen LogP) is 1.83. The molecule has 2 amide bonds. The SMILES string of the molecule is COc1ccc(COC(=O)C2=C(C=O)CS[C@@H]3C(NC(=O)Cc4ccccc4)C(=O)N23)cc1. The van der Waals surface area contributed by atoms with Crippen molar-refractivity contribution < 1.29 is 28.7 Å². The Labute approximate surface area is 194 Å². The van der Waals surface area contributed by atoms with E-state index in [9.17, 15) is 19.2 Å². The van der Waals surface area contributed by atoms with E-state index < -0.39 is 23.3 Å². The molecule has 1 fully saturated rings. The van der Waals surface area contributed by atoms with Gasteiger partial charge in [-0.25, -0.2) is 4.79 Å². The first-order valence-corrected chi connectivity index (χ1v) is 11.3. The molecule has 4 rings (SSSR count). The number of rotatable bonds is 8. The molecule has 170 valence electrons. The van der Waals surface area contributed by atoms with Crippen LogP contribution in [0.15, 0.2) is 65.9 Å². The molecule has 33 heavy (non-hydrogen) atoms. The van der Waals surface area contributed by atoms with Gasteiger partial charge in [-0.15, -0.1) is 11.8 Å². The number of esters is 1. The van der Waals surface area contributed by atoms with E-state index in [1.165, 1.54) is 16.7 Å². The zero-order valence-electron chi connectivity index (χ0n) is 17.9. The third-order valence-corrected chi connectivity index (χ3v) is 6.69. The first-order chi connectivity index (χ1) is 16.0. The van der Waals surface area contributed by atoms with Gasteiger partial charge in [0.15, 0.2) is 0 Å². The summed E-state index contributed by atoms with van der Waals surface area (Å²) in [6.45, 7) is -0.0183. The van der Waals surface area contributed by atoms with Gasteiger partial charge < -0.3 is 14.8 Å². The molecule has 2 aliphatic heterocycles. The molecule has 0 radical (unpaired) electrons. The molecule has 2 aromatic rings. The molecule has 9 heteroatoms. The van der Waals surface area contributed by atoms with Crippen LogP contribution in [-0.2, 0) is 36.9 Å². The van der Waals surface area contributed by atoms with E-state index in [2.05, 4.69) is 5.32 Å². The van der Waals surface area contributed by atoms with Crippen molar-refractivity contribution in [3.05, 3.63) is 77.0 Å². The molecule has 1 saturated heterocycles. The fourth-order valence-corrected chi connectivity index (χ4v) is 4.96. The van der Waals surface area contributed by atoms with Gasteiger partial charge in [-0.3, -0.25) is 19.3 Å². The van der Waals surface area contributed by atoms with Crippen molar-refractivity contribution in [1.82, 2.24) is 10.2 Å². The summed E-state index contributed by atoms with van der Waals surface area (Å²) in [6.07, 6.45) is 0.718. The molecule has 0 aromatic heterocycles.